The lowest BCUT2D eigenvalue weighted by molar-refractivity contribution is 0.411. The summed E-state index contributed by atoms with van der Waals surface area (Å²) in [5, 5.41) is 7.39. The van der Waals surface area contributed by atoms with Gasteiger partial charge in [0, 0.05) is 0 Å². The van der Waals surface area contributed by atoms with Gasteiger partial charge in [-0.15, -0.1) is 0 Å². The monoisotopic (exact) mass is 235 g/mol. The van der Waals surface area contributed by atoms with E-state index in [0.717, 1.165) is 0 Å². The Labute approximate surface area is 98.3 Å². The van der Waals surface area contributed by atoms with Crippen LogP contribution in [0.1, 0.15) is 18.5 Å². The fourth-order valence-electron chi connectivity index (χ4n) is 1.29. The second-order valence-corrected chi connectivity index (χ2v) is 4.15. The van der Waals surface area contributed by atoms with Crippen LogP contribution in [0.4, 0.5) is 5.95 Å². The number of nitrogens with one attached hydrogen (secondary N) is 1. The Morgan fingerprint density at radius 2 is 2.12 bits per heavy atom. The maximum atomic E-state index is 5.00. The van der Waals surface area contributed by atoms with Crippen molar-refractivity contribution >= 4 is 17.3 Å². The Hall–Kier alpha value is -1.62. The molecule has 0 aliphatic heterocycles. The lowest BCUT2D eigenvalue weighted by Gasteiger charge is -2.12. The number of anilines is 1. The van der Waals surface area contributed by atoms with E-state index in [1.165, 1.54) is 5.56 Å². The Bertz CT molecular complexity index is 427. The van der Waals surface area contributed by atoms with Crippen LogP contribution in [0.3, 0.4) is 0 Å². The second kappa shape index (κ2) is 4.94. The molecule has 5 heteroatoms. The fourth-order valence-corrected chi connectivity index (χ4v) is 2.05. The number of methoxy groups -OCH3 is 1. The molecule has 2 heterocycles. The number of aromatic nitrogens is 2. The third-order valence-electron chi connectivity index (χ3n) is 2.25. The zero-order valence-electron chi connectivity index (χ0n) is 9.18. The van der Waals surface area contributed by atoms with E-state index in [1.807, 2.05) is 0 Å². The Morgan fingerprint density at radius 3 is 2.69 bits per heavy atom. The summed E-state index contributed by atoms with van der Waals surface area (Å²) in [6.07, 6.45) is 3.30. The molecular formula is C11H13N3OS. The number of rotatable bonds is 4. The molecule has 16 heavy (non-hydrogen) atoms. The van der Waals surface area contributed by atoms with Gasteiger partial charge in [-0.25, -0.2) is 9.97 Å². The summed E-state index contributed by atoms with van der Waals surface area (Å²) < 4.78 is 5.00. The quantitative estimate of drug-likeness (QED) is 0.885. The van der Waals surface area contributed by atoms with E-state index in [0.29, 0.717) is 11.7 Å². The molecule has 0 bridgehead atoms. The molecule has 0 saturated heterocycles. The second-order valence-electron chi connectivity index (χ2n) is 3.37. The first kappa shape index (κ1) is 10.9. The molecule has 4 nitrogen and oxygen atoms in total. The Kier molecular flexibility index (Phi) is 3.36. The highest BCUT2D eigenvalue weighted by molar-refractivity contribution is 7.07. The molecule has 1 unspecified atom stereocenters. The van der Waals surface area contributed by atoms with E-state index in [9.17, 15) is 0 Å². The molecule has 0 spiro atoms. The minimum Gasteiger partial charge on any atom is -0.494 e. The number of hydrogen-bond acceptors (Lipinski definition) is 5. The van der Waals surface area contributed by atoms with E-state index < -0.39 is 0 Å². The van der Waals surface area contributed by atoms with Crippen LogP contribution in [-0.4, -0.2) is 17.1 Å². The van der Waals surface area contributed by atoms with Crippen molar-refractivity contribution in [3.05, 3.63) is 34.8 Å². The van der Waals surface area contributed by atoms with Gasteiger partial charge in [0.1, 0.15) is 0 Å². The first-order chi connectivity index (χ1) is 7.79. The normalized spacial score (nSPS) is 12.1. The number of thiophene rings is 1. The van der Waals surface area contributed by atoms with Gasteiger partial charge >= 0.3 is 0 Å². The molecule has 0 aromatic carbocycles. The van der Waals surface area contributed by atoms with Gasteiger partial charge in [0.15, 0.2) is 5.75 Å². The van der Waals surface area contributed by atoms with E-state index in [4.69, 9.17) is 4.74 Å². The molecule has 0 saturated carbocycles. The minimum atomic E-state index is 0.208. The van der Waals surface area contributed by atoms with Crippen LogP contribution < -0.4 is 10.1 Å². The standard InChI is InChI=1S/C11H13N3OS/c1-8(9-3-4-16-7-9)14-11-12-5-10(15-2)6-13-11/h3-8H,1-2H3,(H,12,13,14). The van der Waals surface area contributed by atoms with Crippen molar-refractivity contribution in [1.29, 1.82) is 0 Å². The van der Waals surface area contributed by atoms with Crippen molar-refractivity contribution in [2.24, 2.45) is 0 Å². The summed E-state index contributed by atoms with van der Waals surface area (Å²) in [7, 11) is 1.60. The topological polar surface area (TPSA) is 47.0 Å². The predicted molar refractivity (Wildman–Crippen MR) is 64.9 cm³/mol. The number of ether oxygens (including phenoxy) is 1. The predicted octanol–water partition coefficient (Wildman–Crippen LogP) is 2.72. The molecule has 2 aromatic heterocycles. The number of hydrogen-bond donors (Lipinski definition) is 1. The molecule has 1 atom stereocenters. The van der Waals surface area contributed by atoms with Gasteiger partial charge in [0.2, 0.25) is 5.95 Å². The number of nitrogens with zero attached hydrogens (tertiary/aromatic N) is 2. The first-order valence-corrected chi connectivity index (χ1v) is 5.88. The highest BCUT2D eigenvalue weighted by Crippen LogP contribution is 2.19. The summed E-state index contributed by atoms with van der Waals surface area (Å²) in [4.78, 5) is 8.31. The summed E-state index contributed by atoms with van der Waals surface area (Å²) in [6, 6.07) is 2.30. The van der Waals surface area contributed by atoms with Crippen LogP contribution in [0.15, 0.2) is 29.2 Å². The lowest BCUT2D eigenvalue weighted by Crippen LogP contribution is -2.08. The van der Waals surface area contributed by atoms with Gasteiger partial charge in [0.25, 0.3) is 0 Å². The van der Waals surface area contributed by atoms with Crippen molar-refractivity contribution < 1.29 is 4.74 Å². The van der Waals surface area contributed by atoms with Gasteiger partial charge in [-0.2, -0.15) is 11.3 Å². The zero-order chi connectivity index (χ0) is 11.4. The molecule has 0 aliphatic rings. The fraction of sp³-hybridized carbons (Fsp3) is 0.273. The van der Waals surface area contributed by atoms with Crippen LogP contribution in [-0.2, 0) is 0 Å². The van der Waals surface area contributed by atoms with E-state index in [2.05, 4.69) is 39.0 Å². The van der Waals surface area contributed by atoms with Gasteiger partial charge in [-0.3, -0.25) is 0 Å². The molecule has 0 fully saturated rings. The summed E-state index contributed by atoms with van der Waals surface area (Å²) in [5.41, 5.74) is 1.24. The highest BCUT2D eigenvalue weighted by atomic mass is 32.1. The van der Waals surface area contributed by atoms with Crippen molar-refractivity contribution in [2.45, 2.75) is 13.0 Å². The maximum Gasteiger partial charge on any atom is 0.223 e. The summed E-state index contributed by atoms with van der Waals surface area (Å²) in [5.74, 6) is 1.27. The van der Waals surface area contributed by atoms with Gasteiger partial charge in [0.05, 0.1) is 25.5 Å². The Balaban J connectivity index is 2.03. The molecule has 84 valence electrons. The molecule has 0 amide bonds. The summed E-state index contributed by atoms with van der Waals surface area (Å²) in [6.45, 7) is 2.08. The van der Waals surface area contributed by atoms with Crippen LogP contribution in [0, 0.1) is 0 Å². The van der Waals surface area contributed by atoms with Crippen LogP contribution in [0.5, 0.6) is 5.75 Å². The average molecular weight is 235 g/mol. The smallest absolute Gasteiger partial charge is 0.223 e. The largest absolute Gasteiger partial charge is 0.494 e. The van der Waals surface area contributed by atoms with E-state index >= 15 is 0 Å². The van der Waals surface area contributed by atoms with Crippen molar-refractivity contribution in [2.75, 3.05) is 12.4 Å². The van der Waals surface area contributed by atoms with Gasteiger partial charge in [-0.1, -0.05) is 0 Å². The maximum absolute atomic E-state index is 5.00. The molecule has 1 N–H and O–H groups in total. The minimum absolute atomic E-state index is 0.208. The SMILES string of the molecule is COc1cnc(NC(C)c2ccsc2)nc1. The van der Waals surface area contributed by atoms with Crippen molar-refractivity contribution in [3.8, 4) is 5.75 Å². The Morgan fingerprint density at radius 1 is 1.38 bits per heavy atom. The van der Waals surface area contributed by atoms with Crippen LogP contribution in [0.2, 0.25) is 0 Å². The molecule has 0 aliphatic carbocycles. The van der Waals surface area contributed by atoms with E-state index in [1.54, 1.807) is 30.8 Å². The van der Waals surface area contributed by atoms with Crippen LogP contribution >= 0.6 is 11.3 Å². The molecule has 2 aromatic rings. The first-order valence-electron chi connectivity index (χ1n) is 4.94. The van der Waals surface area contributed by atoms with E-state index in [-0.39, 0.29) is 6.04 Å². The summed E-state index contributed by atoms with van der Waals surface area (Å²) >= 11 is 1.68. The van der Waals surface area contributed by atoms with Crippen LogP contribution in [0.25, 0.3) is 0 Å². The highest BCUT2D eigenvalue weighted by Gasteiger charge is 2.06. The molecule has 2 rings (SSSR count). The van der Waals surface area contributed by atoms with Gasteiger partial charge < -0.3 is 10.1 Å². The third kappa shape index (κ3) is 2.49. The molecule has 0 radical (unpaired) electrons. The van der Waals surface area contributed by atoms with Gasteiger partial charge in [-0.05, 0) is 29.3 Å². The molecular weight excluding hydrogens is 222 g/mol. The third-order valence-corrected chi connectivity index (χ3v) is 2.95. The average Bonchev–Trinajstić information content (AvgIpc) is 2.83. The lowest BCUT2D eigenvalue weighted by atomic mass is 10.2. The zero-order valence-corrected chi connectivity index (χ0v) is 9.99. The van der Waals surface area contributed by atoms with Crippen molar-refractivity contribution in [1.82, 2.24) is 9.97 Å². The van der Waals surface area contributed by atoms with Crippen molar-refractivity contribution in [3.63, 3.8) is 0 Å².